The number of piperidine rings is 1. The molecule has 0 aliphatic carbocycles. The first kappa shape index (κ1) is 18.4. The molecule has 2 heterocycles. The molecule has 1 atom stereocenters. The minimum Gasteiger partial charge on any atom is -0.469 e. The van der Waals surface area contributed by atoms with E-state index in [0.717, 1.165) is 11.3 Å². The molecule has 1 N–H and O–H groups in total. The van der Waals surface area contributed by atoms with Crippen molar-refractivity contribution in [2.45, 2.75) is 46.6 Å². The Bertz CT molecular complexity index is 654. The highest BCUT2D eigenvalue weighted by Crippen LogP contribution is 2.24. The molecular weight excluding hydrogens is 308 g/mol. The Morgan fingerprint density at radius 3 is 2.25 bits per heavy atom. The Morgan fingerprint density at radius 1 is 1.21 bits per heavy atom. The first-order valence-corrected chi connectivity index (χ1v) is 8.34. The third-order valence-electron chi connectivity index (χ3n) is 5.03. The second kappa shape index (κ2) is 7.30. The second-order valence-corrected chi connectivity index (χ2v) is 6.55. The van der Waals surface area contributed by atoms with Gasteiger partial charge in [0.05, 0.1) is 24.8 Å². The number of Topliss-reactive ketones (excluding diaryl/α,β-unsaturated/α-hetero) is 2. The van der Waals surface area contributed by atoms with Crippen LogP contribution in [0.2, 0.25) is 0 Å². The molecule has 6 nitrogen and oxygen atoms in total. The van der Waals surface area contributed by atoms with Crippen molar-refractivity contribution >= 4 is 17.5 Å². The Hall–Kier alpha value is -1.95. The number of methoxy groups -OCH3 is 1. The van der Waals surface area contributed by atoms with Crippen LogP contribution >= 0.6 is 0 Å². The van der Waals surface area contributed by atoms with Crippen LogP contribution < -0.4 is 0 Å². The van der Waals surface area contributed by atoms with Gasteiger partial charge >= 0.3 is 5.97 Å². The molecule has 1 aliphatic heterocycles. The zero-order valence-corrected chi connectivity index (χ0v) is 15.1. The van der Waals surface area contributed by atoms with Crippen LogP contribution in [0.25, 0.3) is 0 Å². The lowest BCUT2D eigenvalue weighted by Gasteiger charge is -2.34. The molecule has 24 heavy (non-hydrogen) atoms. The van der Waals surface area contributed by atoms with Gasteiger partial charge in [-0.1, -0.05) is 0 Å². The molecule has 2 rings (SSSR count). The Kier molecular flexibility index (Phi) is 5.59. The quantitative estimate of drug-likeness (QED) is 0.660. The van der Waals surface area contributed by atoms with E-state index in [0.29, 0.717) is 37.2 Å². The molecule has 0 unspecified atom stereocenters. The molecule has 0 radical (unpaired) electrons. The standard InChI is InChI=1S/C18H26N2O4/c1-10-15(13(4)21)11(2)19-16(10)17(22)12(3)20-8-6-14(7-9-20)18(23)24-5/h12,14,19H,6-9H2,1-5H3/t12-/m1/s1. The number of hydrogen-bond donors (Lipinski definition) is 1. The van der Waals surface area contributed by atoms with Gasteiger partial charge in [0.15, 0.2) is 11.6 Å². The molecule has 0 spiro atoms. The van der Waals surface area contributed by atoms with Crippen LogP contribution in [0.4, 0.5) is 0 Å². The number of nitrogens with one attached hydrogen (secondary N) is 1. The van der Waals surface area contributed by atoms with Gasteiger partial charge in [-0.05, 0) is 59.2 Å². The molecule has 1 aliphatic rings. The van der Waals surface area contributed by atoms with Crippen molar-refractivity contribution in [2.75, 3.05) is 20.2 Å². The zero-order valence-electron chi connectivity index (χ0n) is 15.1. The van der Waals surface area contributed by atoms with Crippen LogP contribution in [0.3, 0.4) is 0 Å². The van der Waals surface area contributed by atoms with E-state index in [9.17, 15) is 14.4 Å². The summed E-state index contributed by atoms with van der Waals surface area (Å²) in [6.07, 6.45) is 1.40. The minimum atomic E-state index is -0.292. The second-order valence-electron chi connectivity index (χ2n) is 6.55. The van der Waals surface area contributed by atoms with Crippen LogP contribution in [0.15, 0.2) is 0 Å². The van der Waals surface area contributed by atoms with Gasteiger partial charge in [-0.2, -0.15) is 0 Å². The largest absolute Gasteiger partial charge is 0.469 e. The predicted molar refractivity (Wildman–Crippen MR) is 90.4 cm³/mol. The van der Waals surface area contributed by atoms with Gasteiger partial charge in [0.2, 0.25) is 0 Å². The van der Waals surface area contributed by atoms with Crippen molar-refractivity contribution in [2.24, 2.45) is 5.92 Å². The number of esters is 1. The number of aromatic nitrogens is 1. The van der Waals surface area contributed by atoms with Gasteiger partial charge in [-0.15, -0.1) is 0 Å². The van der Waals surface area contributed by atoms with Crippen LogP contribution in [-0.2, 0) is 9.53 Å². The SMILES string of the molecule is COC(=O)C1CCN([C@H](C)C(=O)c2[nH]c(C)c(C(C)=O)c2C)CC1. The number of carbonyl (C=O) groups excluding carboxylic acids is 3. The van der Waals surface area contributed by atoms with Crippen LogP contribution in [0, 0.1) is 19.8 Å². The Balaban J connectivity index is 2.10. The number of ketones is 2. The first-order chi connectivity index (χ1) is 11.3. The van der Waals surface area contributed by atoms with E-state index < -0.39 is 0 Å². The summed E-state index contributed by atoms with van der Waals surface area (Å²) in [5.74, 6) is -0.297. The summed E-state index contributed by atoms with van der Waals surface area (Å²) in [6, 6.07) is -0.292. The fourth-order valence-electron chi connectivity index (χ4n) is 3.59. The lowest BCUT2D eigenvalue weighted by atomic mass is 9.94. The number of hydrogen-bond acceptors (Lipinski definition) is 5. The number of nitrogens with zero attached hydrogens (tertiary/aromatic N) is 1. The van der Waals surface area contributed by atoms with E-state index in [4.69, 9.17) is 4.74 Å². The van der Waals surface area contributed by atoms with Gasteiger partial charge in [0.1, 0.15) is 0 Å². The molecular formula is C18H26N2O4. The number of likely N-dealkylation sites (tertiary alicyclic amines) is 1. The highest BCUT2D eigenvalue weighted by Gasteiger charge is 2.32. The average molecular weight is 334 g/mol. The Labute approximate surface area is 142 Å². The summed E-state index contributed by atoms with van der Waals surface area (Å²) >= 11 is 0. The van der Waals surface area contributed by atoms with Crippen molar-refractivity contribution < 1.29 is 19.1 Å². The summed E-state index contributed by atoms with van der Waals surface area (Å²) in [7, 11) is 1.41. The maximum atomic E-state index is 12.8. The summed E-state index contributed by atoms with van der Waals surface area (Å²) in [5, 5.41) is 0. The topological polar surface area (TPSA) is 79.5 Å². The molecule has 132 valence electrons. The lowest BCUT2D eigenvalue weighted by Crippen LogP contribution is -2.45. The molecule has 6 heteroatoms. The van der Waals surface area contributed by atoms with E-state index in [-0.39, 0.29) is 29.5 Å². The van der Waals surface area contributed by atoms with Crippen LogP contribution in [-0.4, -0.2) is 53.7 Å². The average Bonchev–Trinajstić information content (AvgIpc) is 2.87. The molecule has 1 aromatic heterocycles. The van der Waals surface area contributed by atoms with Gasteiger partial charge in [0, 0.05) is 11.3 Å². The maximum Gasteiger partial charge on any atom is 0.308 e. The number of carbonyl (C=O) groups is 3. The summed E-state index contributed by atoms with van der Waals surface area (Å²) in [4.78, 5) is 41.4. The van der Waals surface area contributed by atoms with Crippen molar-refractivity contribution in [3.63, 3.8) is 0 Å². The maximum absolute atomic E-state index is 12.8. The fourth-order valence-corrected chi connectivity index (χ4v) is 3.59. The van der Waals surface area contributed by atoms with Crippen molar-refractivity contribution in [1.82, 2.24) is 9.88 Å². The van der Waals surface area contributed by atoms with Gasteiger partial charge < -0.3 is 9.72 Å². The Morgan fingerprint density at radius 2 is 1.79 bits per heavy atom. The van der Waals surface area contributed by atoms with Crippen molar-refractivity contribution in [1.29, 1.82) is 0 Å². The molecule has 1 fully saturated rings. The first-order valence-electron chi connectivity index (χ1n) is 8.34. The molecule has 0 aromatic carbocycles. The number of rotatable bonds is 5. The van der Waals surface area contributed by atoms with Gasteiger partial charge in [-0.25, -0.2) is 0 Å². The molecule has 0 saturated carbocycles. The summed E-state index contributed by atoms with van der Waals surface area (Å²) in [5.41, 5.74) is 2.58. The normalized spacial score (nSPS) is 17.5. The van der Waals surface area contributed by atoms with Crippen LogP contribution in [0.1, 0.15) is 58.8 Å². The lowest BCUT2D eigenvalue weighted by molar-refractivity contribution is -0.147. The summed E-state index contributed by atoms with van der Waals surface area (Å²) in [6.45, 7) is 8.38. The third-order valence-corrected chi connectivity index (χ3v) is 5.03. The van der Waals surface area contributed by atoms with Crippen molar-refractivity contribution in [3.8, 4) is 0 Å². The van der Waals surface area contributed by atoms with E-state index in [1.54, 1.807) is 0 Å². The molecule has 1 saturated heterocycles. The zero-order chi connectivity index (χ0) is 18.0. The van der Waals surface area contributed by atoms with E-state index in [2.05, 4.69) is 9.88 Å². The number of H-pyrrole nitrogens is 1. The van der Waals surface area contributed by atoms with Gasteiger partial charge in [0.25, 0.3) is 0 Å². The molecule has 0 bridgehead atoms. The highest BCUT2D eigenvalue weighted by molar-refractivity contribution is 6.05. The monoisotopic (exact) mass is 334 g/mol. The van der Waals surface area contributed by atoms with E-state index in [1.165, 1.54) is 14.0 Å². The highest BCUT2D eigenvalue weighted by atomic mass is 16.5. The molecule has 1 aromatic rings. The number of aromatic amines is 1. The van der Waals surface area contributed by atoms with Gasteiger partial charge in [-0.3, -0.25) is 19.3 Å². The third kappa shape index (κ3) is 3.43. The number of ether oxygens (including phenoxy) is 1. The minimum absolute atomic E-state index is 0.0142. The van der Waals surface area contributed by atoms with Crippen molar-refractivity contribution in [3.05, 3.63) is 22.5 Å². The summed E-state index contributed by atoms with van der Waals surface area (Å²) < 4.78 is 4.79. The molecule has 0 amide bonds. The van der Waals surface area contributed by atoms with E-state index in [1.807, 2.05) is 20.8 Å². The fraction of sp³-hybridized carbons (Fsp3) is 0.611. The number of aryl methyl sites for hydroxylation is 1. The predicted octanol–water partition coefficient (Wildman–Crippen LogP) is 2.29. The van der Waals surface area contributed by atoms with E-state index >= 15 is 0 Å². The van der Waals surface area contributed by atoms with Crippen LogP contribution in [0.5, 0.6) is 0 Å². The smallest absolute Gasteiger partial charge is 0.308 e.